The molecular formula is C26H25NO7. The van der Waals surface area contributed by atoms with E-state index < -0.39 is 35.3 Å². The lowest BCUT2D eigenvalue weighted by atomic mass is 9.82. The van der Waals surface area contributed by atoms with Crippen LogP contribution in [0.1, 0.15) is 53.9 Å². The maximum atomic E-state index is 13.7. The first-order valence-electron chi connectivity index (χ1n) is 10.8. The zero-order valence-electron chi connectivity index (χ0n) is 19.1. The third-order valence-electron chi connectivity index (χ3n) is 5.26. The minimum Gasteiger partial charge on any atom is -0.472 e. The number of esters is 2. The predicted octanol–water partition coefficient (Wildman–Crippen LogP) is 4.65. The van der Waals surface area contributed by atoms with E-state index in [1.165, 1.54) is 12.5 Å². The molecule has 0 bridgehead atoms. The number of carbonyl (C=O) groups excluding carboxylic acids is 3. The van der Waals surface area contributed by atoms with Crippen LogP contribution in [0.4, 0.5) is 4.79 Å². The summed E-state index contributed by atoms with van der Waals surface area (Å²) >= 11 is 0. The standard InChI is InChI=1S/C26H25NO7/c1-25(2,3)34-23(29)26(20-12-8-7-11-19(20)22(28)33-26)21(18-13-14-31-16-18)27-24(30)32-15-17-9-5-4-6-10-17/h4-14,16,21H,15H2,1-3H3,(H,27,30)/t21-,26+/m0/s1. The fourth-order valence-corrected chi connectivity index (χ4v) is 3.82. The van der Waals surface area contributed by atoms with Crippen molar-refractivity contribution in [3.05, 3.63) is 95.4 Å². The maximum Gasteiger partial charge on any atom is 0.408 e. The third-order valence-corrected chi connectivity index (χ3v) is 5.26. The lowest BCUT2D eigenvalue weighted by Gasteiger charge is -2.36. The second-order valence-corrected chi connectivity index (χ2v) is 8.87. The van der Waals surface area contributed by atoms with Crippen molar-refractivity contribution in [2.24, 2.45) is 0 Å². The fraction of sp³-hybridized carbons (Fsp3) is 0.269. The van der Waals surface area contributed by atoms with Crippen molar-refractivity contribution in [3.63, 3.8) is 0 Å². The number of hydrogen-bond donors (Lipinski definition) is 1. The topological polar surface area (TPSA) is 104 Å². The second kappa shape index (κ2) is 9.05. The Morgan fingerprint density at radius 1 is 1.03 bits per heavy atom. The van der Waals surface area contributed by atoms with Crippen LogP contribution in [0, 0.1) is 0 Å². The maximum absolute atomic E-state index is 13.7. The summed E-state index contributed by atoms with van der Waals surface area (Å²) in [6.45, 7) is 5.13. The summed E-state index contributed by atoms with van der Waals surface area (Å²) in [7, 11) is 0. The Morgan fingerprint density at radius 2 is 1.74 bits per heavy atom. The first-order valence-corrected chi connectivity index (χ1v) is 10.8. The van der Waals surface area contributed by atoms with Gasteiger partial charge in [-0.3, -0.25) is 0 Å². The van der Waals surface area contributed by atoms with Crippen LogP contribution in [0.25, 0.3) is 0 Å². The van der Waals surface area contributed by atoms with E-state index >= 15 is 0 Å². The van der Waals surface area contributed by atoms with Crippen LogP contribution >= 0.6 is 0 Å². The number of benzene rings is 2. The average molecular weight is 463 g/mol. The van der Waals surface area contributed by atoms with Gasteiger partial charge in [-0.1, -0.05) is 48.5 Å². The number of fused-ring (bicyclic) bond motifs is 1. The van der Waals surface area contributed by atoms with E-state index in [0.29, 0.717) is 5.56 Å². The van der Waals surface area contributed by atoms with Gasteiger partial charge in [-0.15, -0.1) is 0 Å². The van der Waals surface area contributed by atoms with Crippen LogP contribution in [0.5, 0.6) is 0 Å². The van der Waals surface area contributed by atoms with Gasteiger partial charge < -0.3 is 23.9 Å². The summed E-state index contributed by atoms with van der Waals surface area (Å²) in [6.07, 6.45) is 1.95. The molecule has 1 aliphatic rings. The van der Waals surface area contributed by atoms with Gasteiger partial charge in [-0.05, 0) is 38.5 Å². The molecule has 0 radical (unpaired) electrons. The largest absolute Gasteiger partial charge is 0.472 e. The van der Waals surface area contributed by atoms with E-state index in [1.807, 2.05) is 30.3 Å². The van der Waals surface area contributed by atoms with Gasteiger partial charge in [-0.25, -0.2) is 14.4 Å². The Morgan fingerprint density at radius 3 is 2.41 bits per heavy atom. The normalized spacial score (nSPS) is 17.9. The number of alkyl carbamates (subject to hydrolysis) is 1. The molecule has 34 heavy (non-hydrogen) atoms. The minimum absolute atomic E-state index is 0.0145. The molecule has 1 aliphatic heterocycles. The van der Waals surface area contributed by atoms with Gasteiger partial charge >= 0.3 is 18.0 Å². The molecule has 176 valence electrons. The number of carbonyl (C=O) groups is 3. The summed E-state index contributed by atoms with van der Waals surface area (Å²) in [5, 5.41) is 2.70. The van der Waals surface area contributed by atoms with Gasteiger partial charge in [0.1, 0.15) is 18.2 Å². The van der Waals surface area contributed by atoms with E-state index in [-0.39, 0.29) is 17.7 Å². The molecule has 0 fully saturated rings. The minimum atomic E-state index is -1.99. The number of ether oxygens (including phenoxy) is 3. The number of cyclic esters (lactones) is 1. The van der Waals surface area contributed by atoms with Gasteiger partial charge in [0.2, 0.25) is 0 Å². The van der Waals surface area contributed by atoms with Gasteiger partial charge in [0.25, 0.3) is 5.60 Å². The van der Waals surface area contributed by atoms with Crippen molar-refractivity contribution in [2.45, 2.75) is 44.6 Å². The van der Waals surface area contributed by atoms with Gasteiger partial charge in [-0.2, -0.15) is 0 Å². The number of hydrogen-bond acceptors (Lipinski definition) is 7. The molecule has 0 saturated heterocycles. The number of nitrogens with one attached hydrogen (secondary N) is 1. The van der Waals surface area contributed by atoms with E-state index in [0.717, 1.165) is 5.56 Å². The summed E-state index contributed by atoms with van der Waals surface area (Å²) in [6, 6.07) is 16.1. The molecule has 3 aromatic rings. The summed E-state index contributed by atoms with van der Waals surface area (Å²) in [4.78, 5) is 39.4. The molecule has 8 heteroatoms. The molecule has 1 aromatic heterocycles. The molecule has 0 aliphatic carbocycles. The van der Waals surface area contributed by atoms with E-state index in [4.69, 9.17) is 18.6 Å². The molecule has 0 unspecified atom stereocenters. The lowest BCUT2D eigenvalue weighted by molar-refractivity contribution is -0.181. The van der Waals surface area contributed by atoms with Crippen molar-refractivity contribution in [2.75, 3.05) is 0 Å². The Balaban J connectivity index is 1.74. The van der Waals surface area contributed by atoms with Crippen LogP contribution in [0.15, 0.2) is 77.6 Å². The fourth-order valence-electron chi connectivity index (χ4n) is 3.82. The SMILES string of the molecule is CC(C)(C)OC(=O)[C@@]1([C@@H](NC(=O)OCc2ccccc2)c2ccoc2)OC(=O)c2ccccc21. The predicted molar refractivity (Wildman–Crippen MR) is 121 cm³/mol. The number of furan rings is 1. The zero-order chi connectivity index (χ0) is 24.3. The highest BCUT2D eigenvalue weighted by atomic mass is 16.6. The molecule has 2 heterocycles. The first kappa shape index (κ1) is 23.1. The molecule has 2 atom stereocenters. The third kappa shape index (κ3) is 4.52. The quantitative estimate of drug-likeness (QED) is 0.419. The summed E-state index contributed by atoms with van der Waals surface area (Å²) in [5.74, 6) is -1.53. The lowest BCUT2D eigenvalue weighted by Crippen LogP contribution is -2.51. The Labute approximate surface area is 196 Å². The Kier molecular flexibility index (Phi) is 6.15. The second-order valence-electron chi connectivity index (χ2n) is 8.87. The summed E-state index contributed by atoms with van der Waals surface area (Å²) in [5.41, 5.74) is -1.20. The van der Waals surface area contributed by atoms with Gasteiger partial charge in [0.05, 0.1) is 18.1 Å². The molecule has 0 saturated carbocycles. The van der Waals surface area contributed by atoms with E-state index in [2.05, 4.69) is 5.32 Å². The molecular weight excluding hydrogens is 438 g/mol. The number of amides is 1. The summed E-state index contributed by atoms with van der Waals surface area (Å²) < 4.78 is 22.0. The van der Waals surface area contributed by atoms with Gasteiger partial charge in [0, 0.05) is 11.1 Å². The van der Waals surface area contributed by atoms with Crippen molar-refractivity contribution >= 4 is 18.0 Å². The highest BCUT2D eigenvalue weighted by molar-refractivity contribution is 6.01. The molecule has 8 nitrogen and oxygen atoms in total. The zero-order valence-corrected chi connectivity index (χ0v) is 19.1. The van der Waals surface area contributed by atoms with Gasteiger partial charge in [0.15, 0.2) is 0 Å². The van der Waals surface area contributed by atoms with Crippen molar-refractivity contribution < 1.29 is 33.0 Å². The van der Waals surface area contributed by atoms with Crippen LogP contribution in [0.3, 0.4) is 0 Å². The Hall–Kier alpha value is -4.07. The van der Waals surface area contributed by atoms with E-state index in [1.54, 1.807) is 51.1 Å². The van der Waals surface area contributed by atoms with Crippen LogP contribution in [-0.4, -0.2) is 23.6 Å². The molecule has 1 amide bonds. The average Bonchev–Trinajstić information content (AvgIpc) is 3.43. The van der Waals surface area contributed by atoms with Crippen LogP contribution in [-0.2, 0) is 31.2 Å². The smallest absolute Gasteiger partial charge is 0.408 e. The van der Waals surface area contributed by atoms with Crippen molar-refractivity contribution in [3.8, 4) is 0 Å². The highest BCUT2D eigenvalue weighted by Gasteiger charge is 2.60. The monoisotopic (exact) mass is 463 g/mol. The first-order chi connectivity index (χ1) is 16.2. The van der Waals surface area contributed by atoms with Crippen LogP contribution in [0.2, 0.25) is 0 Å². The molecule has 2 aromatic carbocycles. The van der Waals surface area contributed by atoms with E-state index in [9.17, 15) is 14.4 Å². The Bertz CT molecular complexity index is 1180. The number of rotatable bonds is 6. The molecule has 0 spiro atoms. The molecule has 4 rings (SSSR count). The molecule has 1 N–H and O–H groups in total. The highest BCUT2D eigenvalue weighted by Crippen LogP contribution is 2.47. The van der Waals surface area contributed by atoms with Crippen LogP contribution < -0.4 is 5.32 Å². The van der Waals surface area contributed by atoms with Crippen molar-refractivity contribution in [1.82, 2.24) is 5.32 Å². The van der Waals surface area contributed by atoms with Crippen molar-refractivity contribution in [1.29, 1.82) is 0 Å².